The zero-order valence-corrected chi connectivity index (χ0v) is 22.9. The second kappa shape index (κ2) is 11.5. The molecule has 6 nitrogen and oxygen atoms in total. The van der Waals surface area contributed by atoms with E-state index in [-0.39, 0.29) is 38.0 Å². The average Bonchev–Trinajstić information content (AvgIpc) is 2.84. The van der Waals surface area contributed by atoms with Gasteiger partial charge in [-0.3, -0.25) is 19.8 Å². The van der Waals surface area contributed by atoms with Crippen LogP contribution >= 0.6 is 47.0 Å². The van der Waals surface area contributed by atoms with Crippen LogP contribution in [0.25, 0.3) is 6.08 Å². The highest BCUT2D eigenvalue weighted by Gasteiger charge is 2.35. The Morgan fingerprint density at radius 1 is 1.00 bits per heavy atom. The highest BCUT2D eigenvalue weighted by atomic mass is 35.5. The summed E-state index contributed by atoms with van der Waals surface area (Å²) in [6.45, 7) is 4.47. The minimum atomic E-state index is -0.660. The Morgan fingerprint density at radius 2 is 1.76 bits per heavy atom. The van der Waals surface area contributed by atoms with Gasteiger partial charge in [-0.05, 0) is 67.5 Å². The first-order valence-electron chi connectivity index (χ1n) is 11.2. The number of nitrogens with zero attached hydrogens (tertiary/aromatic N) is 1. The third-order valence-corrected chi connectivity index (χ3v) is 6.76. The molecular formula is C27H21Cl3N2O4S. The Hall–Kier alpha value is -3.10. The van der Waals surface area contributed by atoms with Crippen LogP contribution in [0.15, 0.2) is 60.2 Å². The number of hydrogen-bond donors (Lipinski definition) is 1. The number of rotatable bonds is 7. The number of carbonyl (C=O) groups is 2. The number of aryl methyl sites for hydroxylation is 1. The van der Waals surface area contributed by atoms with E-state index in [9.17, 15) is 9.59 Å². The Balaban J connectivity index is 1.68. The van der Waals surface area contributed by atoms with E-state index in [0.29, 0.717) is 23.7 Å². The summed E-state index contributed by atoms with van der Waals surface area (Å²) in [6, 6.07) is 16.0. The van der Waals surface area contributed by atoms with Crippen LogP contribution in [-0.2, 0) is 16.2 Å². The number of benzene rings is 3. The van der Waals surface area contributed by atoms with Gasteiger partial charge in [0.2, 0.25) is 0 Å². The smallest absolute Gasteiger partial charge is 0.270 e. The molecule has 3 aromatic carbocycles. The van der Waals surface area contributed by atoms with Crippen LogP contribution in [0.3, 0.4) is 0 Å². The molecule has 3 aromatic rings. The Morgan fingerprint density at radius 3 is 2.49 bits per heavy atom. The van der Waals surface area contributed by atoms with Crippen molar-refractivity contribution in [1.29, 1.82) is 0 Å². The lowest BCUT2D eigenvalue weighted by Gasteiger charge is -2.29. The fourth-order valence-electron chi connectivity index (χ4n) is 3.74. The minimum Gasteiger partial charge on any atom is -0.490 e. The summed E-state index contributed by atoms with van der Waals surface area (Å²) >= 11 is 24.2. The van der Waals surface area contributed by atoms with Crippen LogP contribution in [0.2, 0.25) is 15.1 Å². The lowest BCUT2D eigenvalue weighted by molar-refractivity contribution is -0.122. The van der Waals surface area contributed by atoms with E-state index in [4.69, 9.17) is 56.5 Å². The van der Waals surface area contributed by atoms with E-state index >= 15 is 0 Å². The van der Waals surface area contributed by atoms with Crippen molar-refractivity contribution < 1.29 is 19.1 Å². The van der Waals surface area contributed by atoms with Crippen molar-refractivity contribution >= 4 is 75.7 Å². The van der Waals surface area contributed by atoms with Crippen molar-refractivity contribution in [2.45, 2.75) is 20.5 Å². The highest BCUT2D eigenvalue weighted by molar-refractivity contribution is 7.80. The van der Waals surface area contributed by atoms with E-state index in [1.165, 1.54) is 6.08 Å². The molecule has 0 saturated carbocycles. The van der Waals surface area contributed by atoms with Gasteiger partial charge in [0.05, 0.1) is 27.4 Å². The number of carbonyl (C=O) groups excluding carboxylic acids is 2. The van der Waals surface area contributed by atoms with Crippen LogP contribution in [0, 0.1) is 6.92 Å². The van der Waals surface area contributed by atoms with E-state index < -0.39 is 11.8 Å². The predicted molar refractivity (Wildman–Crippen MR) is 151 cm³/mol. The second-order valence-corrected chi connectivity index (χ2v) is 9.65. The predicted octanol–water partition coefficient (Wildman–Crippen LogP) is 6.76. The average molecular weight is 576 g/mol. The largest absolute Gasteiger partial charge is 0.490 e. The first-order chi connectivity index (χ1) is 17.7. The molecule has 0 aliphatic carbocycles. The van der Waals surface area contributed by atoms with Crippen molar-refractivity contribution in [2.75, 3.05) is 11.5 Å². The normalized spacial score (nSPS) is 14.7. The van der Waals surface area contributed by atoms with Crippen LogP contribution in [-0.4, -0.2) is 23.5 Å². The molecule has 1 aliphatic rings. The zero-order valence-electron chi connectivity index (χ0n) is 19.8. The fourth-order valence-corrected chi connectivity index (χ4v) is 4.67. The molecule has 0 radical (unpaired) electrons. The first-order valence-corrected chi connectivity index (χ1v) is 12.7. The summed E-state index contributed by atoms with van der Waals surface area (Å²) in [7, 11) is 0. The zero-order chi connectivity index (χ0) is 26.7. The van der Waals surface area contributed by atoms with Gasteiger partial charge in [-0.15, -0.1) is 0 Å². The molecule has 190 valence electrons. The molecule has 0 aromatic heterocycles. The van der Waals surface area contributed by atoms with Gasteiger partial charge in [0, 0.05) is 0 Å². The van der Waals surface area contributed by atoms with Crippen molar-refractivity contribution in [2.24, 2.45) is 0 Å². The lowest BCUT2D eigenvalue weighted by Crippen LogP contribution is -2.54. The molecule has 2 amide bonds. The van der Waals surface area contributed by atoms with Crippen LogP contribution in [0.4, 0.5) is 5.69 Å². The van der Waals surface area contributed by atoms with Crippen molar-refractivity contribution in [3.05, 3.63) is 91.9 Å². The van der Waals surface area contributed by atoms with Crippen LogP contribution in [0.5, 0.6) is 11.5 Å². The number of halogens is 3. The number of nitrogens with one attached hydrogen (secondary N) is 1. The summed E-state index contributed by atoms with van der Waals surface area (Å²) in [5, 5.41) is 3.05. The molecule has 0 atom stereocenters. The van der Waals surface area contributed by atoms with Gasteiger partial charge in [0.1, 0.15) is 12.2 Å². The number of amides is 2. The van der Waals surface area contributed by atoms with Gasteiger partial charge >= 0.3 is 0 Å². The molecule has 0 spiro atoms. The van der Waals surface area contributed by atoms with Gasteiger partial charge in [0.25, 0.3) is 11.8 Å². The first kappa shape index (κ1) is 26.9. The molecule has 1 fully saturated rings. The molecule has 37 heavy (non-hydrogen) atoms. The third-order valence-electron chi connectivity index (χ3n) is 5.38. The van der Waals surface area contributed by atoms with Crippen molar-refractivity contribution in [1.82, 2.24) is 5.32 Å². The summed E-state index contributed by atoms with van der Waals surface area (Å²) in [4.78, 5) is 27.2. The topological polar surface area (TPSA) is 67.9 Å². The number of ether oxygens (including phenoxy) is 2. The van der Waals surface area contributed by atoms with Crippen molar-refractivity contribution in [3.8, 4) is 11.5 Å². The van der Waals surface area contributed by atoms with E-state index in [1.807, 2.05) is 38.1 Å². The molecular weight excluding hydrogens is 555 g/mol. The monoisotopic (exact) mass is 574 g/mol. The number of hydrogen-bond acceptors (Lipinski definition) is 5. The molecule has 0 unspecified atom stereocenters. The van der Waals surface area contributed by atoms with Gasteiger partial charge < -0.3 is 9.47 Å². The number of thiocarbonyl (C=S) groups is 1. The number of anilines is 1. The molecule has 1 heterocycles. The maximum absolute atomic E-state index is 13.4. The summed E-state index contributed by atoms with van der Waals surface area (Å²) < 4.78 is 11.7. The standard InChI is InChI=1S/C27H21Cl3N2O4S/c1-3-35-22-13-17(12-20(29)24(22)36-14-16-7-4-6-15(2)10-16)11-18-25(33)31-27(37)32(26(18)34)21-9-5-8-19(28)23(21)30/h4-13H,3,14H2,1-2H3,(H,31,33,37)/b18-11+. The maximum atomic E-state index is 13.4. The minimum absolute atomic E-state index is 0.107. The van der Waals surface area contributed by atoms with Crippen LogP contribution in [0.1, 0.15) is 23.6 Å². The highest BCUT2D eigenvalue weighted by Crippen LogP contribution is 2.39. The van der Waals surface area contributed by atoms with E-state index in [1.54, 1.807) is 30.3 Å². The molecule has 0 bridgehead atoms. The Bertz CT molecular complexity index is 1440. The Labute approximate surface area is 234 Å². The summed E-state index contributed by atoms with van der Waals surface area (Å²) in [5.41, 5.74) is 2.63. The molecule has 1 saturated heterocycles. The van der Waals surface area contributed by atoms with Gasteiger partial charge in [-0.1, -0.05) is 70.7 Å². The van der Waals surface area contributed by atoms with E-state index in [0.717, 1.165) is 16.0 Å². The lowest BCUT2D eigenvalue weighted by atomic mass is 10.1. The maximum Gasteiger partial charge on any atom is 0.270 e. The second-order valence-electron chi connectivity index (χ2n) is 8.07. The molecule has 10 heteroatoms. The Kier molecular flexibility index (Phi) is 8.39. The summed E-state index contributed by atoms with van der Waals surface area (Å²) in [6.07, 6.45) is 1.41. The van der Waals surface area contributed by atoms with Crippen LogP contribution < -0.4 is 19.7 Å². The third kappa shape index (κ3) is 5.91. The van der Waals surface area contributed by atoms with E-state index in [2.05, 4.69) is 5.32 Å². The van der Waals surface area contributed by atoms with Gasteiger partial charge in [-0.25, -0.2) is 0 Å². The summed E-state index contributed by atoms with van der Waals surface area (Å²) in [5.74, 6) is -0.575. The fraction of sp³-hybridized carbons (Fsp3) is 0.148. The van der Waals surface area contributed by atoms with Gasteiger partial charge in [0.15, 0.2) is 16.6 Å². The quantitative estimate of drug-likeness (QED) is 0.191. The molecule has 4 rings (SSSR count). The van der Waals surface area contributed by atoms with Crippen molar-refractivity contribution in [3.63, 3.8) is 0 Å². The molecule has 1 N–H and O–H groups in total. The van der Waals surface area contributed by atoms with Gasteiger partial charge in [-0.2, -0.15) is 0 Å². The SMILES string of the molecule is CCOc1cc(/C=C2\C(=O)NC(=S)N(c3cccc(Cl)c3Cl)C2=O)cc(Cl)c1OCc1cccc(C)c1. The molecule has 1 aliphatic heterocycles.